The number of carbonyl (C=O) groups excluding carboxylic acids is 1. The van der Waals surface area contributed by atoms with Crippen molar-refractivity contribution >= 4 is 11.9 Å². The van der Waals surface area contributed by atoms with E-state index in [0.29, 0.717) is 49.7 Å². The normalized spacial score (nSPS) is 20.1. The topological polar surface area (TPSA) is 110 Å². The summed E-state index contributed by atoms with van der Waals surface area (Å²) in [7, 11) is 7.57. The Bertz CT molecular complexity index is 1180. The van der Waals surface area contributed by atoms with Crippen molar-refractivity contribution in [1.29, 1.82) is 0 Å². The number of ether oxygens (including phenoxy) is 3. The highest BCUT2D eigenvalue weighted by Crippen LogP contribution is 2.47. The zero-order valence-corrected chi connectivity index (χ0v) is 25.0. The van der Waals surface area contributed by atoms with Crippen LogP contribution in [0, 0.1) is 5.92 Å². The Morgan fingerprint density at radius 1 is 1.17 bits per heavy atom. The zero-order valence-electron chi connectivity index (χ0n) is 25.0. The Hall–Kier alpha value is -3.31. The van der Waals surface area contributed by atoms with Crippen molar-refractivity contribution in [1.82, 2.24) is 24.3 Å². The molecule has 0 unspecified atom stereocenters. The van der Waals surface area contributed by atoms with E-state index < -0.39 is 11.9 Å². The van der Waals surface area contributed by atoms with Crippen LogP contribution in [0.1, 0.15) is 49.9 Å². The lowest BCUT2D eigenvalue weighted by molar-refractivity contribution is -0.143. The second kappa shape index (κ2) is 14.0. The summed E-state index contributed by atoms with van der Waals surface area (Å²) in [6.07, 6.45) is 7.66. The van der Waals surface area contributed by atoms with E-state index in [4.69, 9.17) is 14.2 Å². The highest BCUT2D eigenvalue weighted by molar-refractivity contribution is 5.79. The second-order valence-electron chi connectivity index (χ2n) is 11.3. The van der Waals surface area contributed by atoms with Gasteiger partial charge in [-0.3, -0.25) is 14.5 Å². The minimum Gasteiger partial charge on any atom is -0.493 e. The minimum atomic E-state index is -0.875. The first-order valence-corrected chi connectivity index (χ1v) is 14.6. The number of fused-ring (bicyclic) bond motifs is 1. The Morgan fingerprint density at radius 3 is 2.61 bits per heavy atom. The number of imidazole rings is 1. The van der Waals surface area contributed by atoms with Gasteiger partial charge in [-0.15, -0.1) is 0 Å². The fraction of sp³-hybridized carbons (Fsp3) is 0.633. The van der Waals surface area contributed by atoms with Crippen LogP contribution >= 0.6 is 0 Å². The van der Waals surface area contributed by atoms with Gasteiger partial charge in [-0.2, -0.15) is 0 Å². The molecule has 0 aliphatic carbocycles. The molecule has 1 amide bonds. The number of hydrogen-bond acceptors (Lipinski definition) is 8. The molecule has 11 nitrogen and oxygen atoms in total. The standard InChI is InChI=1S/C30H45N5O6/c1-6-7-13-34(14-8-12-32(2)3)27(36)19-35-18-22(21-16-24(39-5)29-25(17-21)40-20-41-29)28(30(37)38)23(35)9-10-26-31-11-15-33(26)4/h11,15-17,22-23,28H,6-10,12-14,18-20H2,1-5H3,(H,37,38)/t22-,23+,28-/m1/s1. The number of hydrogen-bond donors (Lipinski definition) is 1. The van der Waals surface area contributed by atoms with E-state index in [9.17, 15) is 14.7 Å². The summed E-state index contributed by atoms with van der Waals surface area (Å²) in [6.45, 7) is 5.14. The summed E-state index contributed by atoms with van der Waals surface area (Å²) in [6, 6.07) is 3.37. The smallest absolute Gasteiger partial charge is 0.308 e. The van der Waals surface area contributed by atoms with Crippen molar-refractivity contribution < 1.29 is 28.9 Å². The van der Waals surface area contributed by atoms with Crippen LogP contribution in [0.5, 0.6) is 17.2 Å². The summed E-state index contributed by atoms with van der Waals surface area (Å²) in [5.41, 5.74) is 0.810. The quantitative estimate of drug-likeness (QED) is 0.345. The van der Waals surface area contributed by atoms with Gasteiger partial charge in [0.2, 0.25) is 18.4 Å². The Labute approximate surface area is 243 Å². The number of aliphatic carboxylic acids is 1. The van der Waals surface area contributed by atoms with Crippen LogP contribution in [-0.4, -0.2) is 108 Å². The van der Waals surface area contributed by atoms with E-state index in [0.717, 1.165) is 37.2 Å². The molecule has 2 aromatic rings. The molecule has 226 valence electrons. The molecule has 1 saturated heterocycles. The zero-order chi connectivity index (χ0) is 29.5. The van der Waals surface area contributed by atoms with Crippen LogP contribution in [0.4, 0.5) is 0 Å². The third-order valence-corrected chi connectivity index (χ3v) is 8.23. The van der Waals surface area contributed by atoms with Crippen LogP contribution < -0.4 is 14.2 Å². The van der Waals surface area contributed by atoms with Crippen molar-refractivity contribution in [3.05, 3.63) is 35.9 Å². The van der Waals surface area contributed by atoms with Gasteiger partial charge < -0.3 is 33.7 Å². The van der Waals surface area contributed by atoms with Crippen molar-refractivity contribution in [2.24, 2.45) is 13.0 Å². The Kier molecular flexibility index (Phi) is 10.5. The SMILES string of the molecule is CCCCN(CCCN(C)C)C(=O)CN1C[C@H](c2cc(OC)c3c(c2)OCO3)[C@@H](C(=O)O)[C@@H]1CCc1nccn1C. The monoisotopic (exact) mass is 571 g/mol. The van der Waals surface area contributed by atoms with Crippen LogP contribution in [0.2, 0.25) is 0 Å². The first-order chi connectivity index (χ1) is 19.7. The average Bonchev–Trinajstić information content (AvgIpc) is 3.67. The average molecular weight is 572 g/mol. The number of aryl methyl sites for hydroxylation is 2. The lowest BCUT2D eigenvalue weighted by Crippen LogP contribution is -2.45. The van der Waals surface area contributed by atoms with E-state index in [1.165, 1.54) is 0 Å². The molecule has 1 aromatic heterocycles. The molecule has 0 radical (unpaired) electrons. The van der Waals surface area contributed by atoms with Gasteiger partial charge in [0.05, 0.1) is 19.6 Å². The second-order valence-corrected chi connectivity index (χ2v) is 11.3. The summed E-state index contributed by atoms with van der Waals surface area (Å²) >= 11 is 0. The Balaban J connectivity index is 1.62. The molecular formula is C30H45N5O6. The molecule has 11 heteroatoms. The molecule has 0 spiro atoms. The highest BCUT2D eigenvalue weighted by atomic mass is 16.7. The number of benzene rings is 1. The first kappa shape index (κ1) is 30.6. The van der Waals surface area contributed by atoms with Gasteiger partial charge in [-0.1, -0.05) is 13.3 Å². The highest BCUT2D eigenvalue weighted by Gasteiger charge is 2.47. The number of amides is 1. The summed E-state index contributed by atoms with van der Waals surface area (Å²) in [4.78, 5) is 37.2. The number of aromatic nitrogens is 2. The van der Waals surface area contributed by atoms with Gasteiger partial charge in [0.15, 0.2) is 11.5 Å². The van der Waals surface area contributed by atoms with Gasteiger partial charge in [0.25, 0.3) is 0 Å². The minimum absolute atomic E-state index is 0.0484. The van der Waals surface area contributed by atoms with Crippen molar-refractivity contribution in [3.8, 4) is 17.2 Å². The number of likely N-dealkylation sites (tertiary alicyclic amines) is 1. The molecule has 1 fully saturated rings. The number of carboxylic acid groups (broad SMARTS) is 1. The third-order valence-electron chi connectivity index (χ3n) is 8.23. The number of carboxylic acids is 1. The van der Waals surface area contributed by atoms with E-state index in [2.05, 4.69) is 21.7 Å². The molecule has 2 aliphatic heterocycles. The van der Waals surface area contributed by atoms with E-state index in [1.807, 2.05) is 48.9 Å². The fourth-order valence-electron chi connectivity index (χ4n) is 6.03. The fourth-order valence-corrected chi connectivity index (χ4v) is 6.03. The largest absolute Gasteiger partial charge is 0.493 e. The van der Waals surface area contributed by atoms with Gasteiger partial charge in [0.1, 0.15) is 5.82 Å². The number of nitrogens with zero attached hydrogens (tertiary/aromatic N) is 5. The number of unbranched alkanes of at least 4 members (excludes halogenated alkanes) is 1. The maximum Gasteiger partial charge on any atom is 0.308 e. The van der Waals surface area contributed by atoms with E-state index in [-0.39, 0.29) is 31.2 Å². The van der Waals surface area contributed by atoms with E-state index >= 15 is 0 Å². The molecule has 3 heterocycles. The summed E-state index contributed by atoms with van der Waals surface area (Å²) in [5.74, 6) is 0.594. The molecule has 41 heavy (non-hydrogen) atoms. The van der Waals surface area contributed by atoms with Gasteiger partial charge in [-0.25, -0.2) is 4.98 Å². The molecule has 2 aliphatic rings. The summed E-state index contributed by atoms with van der Waals surface area (Å²) < 4.78 is 18.7. The van der Waals surface area contributed by atoms with Gasteiger partial charge in [0, 0.05) is 57.5 Å². The van der Waals surface area contributed by atoms with Crippen LogP contribution in [0.25, 0.3) is 0 Å². The van der Waals surface area contributed by atoms with Gasteiger partial charge in [-0.05, 0) is 57.6 Å². The van der Waals surface area contributed by atoms with Crippen molar-refractivity contribution in [2.75, 3.05) is 60.7 Å². The number of carbonyl (C=O) groups is 2. The number of methoxy groups -OCH3 is 1. The molecule has 1 N–H and O–H groups in total. The third kappa shape index (κ3) is 7.32. The lowest BCUT2D eigenvalue weighted by atomic mass is 9.83. The van der Waals surface area contributed by atoms with Crippen LogP contribution in [-0.2, 0) is 23.1 Å². The predicted molar refractivity (Wildman–Crippen MR) is 155 cm³/mol. The first-order valence-electron chi connectivity index (χ1n) is 14.6. The maximum atomic E-state index is 13.7. The molecule has 0 saturated carbocycles. The number of rotatable bonds is 15. The lowest BCUT2D eigenvalue weighted by Gasteiger charge is -2.30. The predicted octanol–water partition coefficient (Wildman–Crippen LogP) is 2.84. The van der Waals surface area contributed by atoms with Crippen molar-refractivity contribution in [3.63, 3.8) is 0 Å². The molecule has 4 rings (SSSR count). The summed E-state index contributed by atoms with van der Waals surface area (Å²) in [5, 5.41) is 10.6. The maximum absolute atomic E-state index is 13.7. The van der Waals surface area contributed by atoms with Crippen molar-refractivity contribution in [2.45, 2.75) is 51.0 Å². The van der Waals surface area contributed by atoms with Crippen LogP contribution in [0.15, 0.2) is 24.5 Å². The van der Waals surface area contributed by atoms with E-state index in [1.54, 1.807) is 13.3 Å². The molecular weight excluding hydrogens is 526 g/mol. The molecule has 3 atom stereocenters. The molecule has 1 aromatic carbocycles. The molecule has 0 bridgehead atoms. The van der Waals surface area contributed by atoms with Gasteiger partial charge >= 0.3 is 5.97 Å². The van der Waals surface area contributed by atoms with Crippen LogP contribution in [0.3, 0.4) is 0 Å². The Morgan fingerprint density at radius 2 is 1.95 bits per heavy atom.